The van der Waals surface area contributed by atoms with Crippen molar-refractivity contribution >= 4 is 33.3 Å². The van der Waals surface area contributed by atoms with Crippen molar-refractivity contribution < 1.29 is 27.5 Å². The Kier molecular flexibility index (Phi) is 9.19. The van der Waals surface area contributed by atoms with Gasteiger partial charge in [-0.15, -0.1) is 0 Å². The number of amides is 2. The van der Waals surface area contributed by atoms with Crippen LogP contribution in [0.1, 0.15) is 36.7 Å². The van der Waals surface area contributed by atoms with Crippen molar-refractivity contribution in [2.24, 2.45) is 0 Å². The maximum Gasteiger partial charge on any atom is 0.244 e. The highest BCUT2D eigenvalue weighted by Gasteiger charge is 2.30. The molecule has 2 rings (SSSR count). The Labute approximate surface area is 200 Å². The van der Waals surface area contributed by atoms with E-state index in [4.69, 9.17) is 4.74 Å². The molecule has 2 amide bonds. The van der Waals surface area contributed by atoms with Crippen LogP contribution in [0.25, 0.3) is 0 Å². The molecule has 0 aliphatic heterocycles. The van der Waals surface area contributed by atoms with Gasteiger partial charge in [-0.05, 0) is 50.6 Å². The first-order valence-electron chi connectivity index (χ1n) is 10.8. The molecule has 34 heavy (non-hydrogen) atoms. The second-order valence-electron chi connectivity index (χ2n) is 7.82. The lowest BCUT2D eigenvalue weighted by Crippen LogP contribution is -2.51. The average Bonchev–Trinajstić information content (AvgIpc) is 2.80. The van der Waals surface area contributed by atoms with Crippen LogP contribution in [0.4, 0.5) is 5.69 Å². The Bertz CT molecular complexity index is 1130. The fourth-order valence-electron chi connectivity index (χ4n) is 3.33. The summed E-state index contributed by atoms with van der Waals surface area (Å²) in [5.41, 5.74) is 1.26. The highest BCUT2D eigenvalue weighted by atomic mass is 32.2. The summed E-state index contributed by atoms with van der Waals surface area (Å²) < 4.78 is 31.3. The van der Waals surface area contributed by atoms with Crippen LogP contribution in [0, 0.1) is 0 Å². The van der Waals surface area contributed by atoms with E-state index in [1.54, 1.807) is 57.4 Å². The summed E-state index contributed by atoms with van der Waals surface area (Å²) in [5, 5.41) is 2.70. The molecular weight excluding hydrogens is 458 g/mol. The fourth-order valence-corrected chi connectivity index (χ4v) is 4.17. The quantitative estimate of drug-likeness (QED) is 0.484. The molecule has 184 valence electrons. The van der Waals surface area contributed by atoms with Crippen molar-refractivity contribution in [3.63, 3.8) is 0 Å². The lowest BCUT2D eigenvalue weighted by molar-refractivity contribution is -0.139. The van der Waals surface area contributed by atoms with Gasteiger partial charge < -0.3 is 15.0 Å². The Balaban J connectivity index is 2.41. The SMILES string of the molecule is CCNC(=O)C(C)N(Cc1ccc(OC)cc1)C(=O)CN(c1cccc(C(C)=O)c1)S(C)(=O)=O. The van der Waals surface area contributed by atoms with E-state index in [1.807, 2.05) is 0 Å². The number of hydrogen-bond donors (Lipinski definition) is 1. The number of likely N-dealkylation sites (N-methyl/N-ethyl adjacent to an activating group) is 1. The van der Waals surface area contributed by atoms with Crippen LogP contribution in [0.15, 0.2) is 48.5 Å². The van der Waals surface area contributed by atoms with Crippen LogP contribution in [-0.2, 0) is 26.2 Å². The number of sulfonamides is 1. The van der Waals surface area contributed by atoms with Crippen LogP contribution in [0.2, 0.25) is 0 Å². The number of methoxy groups -OCH3 is 1. The van der Waals surface area contributed by atoms with E-state index < -0.39 is 28.5 Å². The van der Waals surface area contributed by atoms with Crippen LogP contribution in [-0.4, -0.2) is 63.4 Å². The minimum Gasteiger partial charge on any atom is -0.497 e. The van der Waals surface area contributed by atoms with E-state index >= 15 is 0 Å². The van der Waals surface area contributed by atoms with E-state index in [-0.39, 0.29) is 23.9 Å². The molecule has 0 spiro atoms. The van der Waals surface area contributed by atoms with Gasteiger partial charge in [0.2, 0.25) is 21.8 Å². The van der Waals surface area contributed by atoms with Gasteiger partial charge in [-0.1, -0.05) is 24.3 Å². The lowest BCUT2D eigenvalue weighted by atomic mass is 10.1. The summed E-state index contributed by atoms with van der Waals surface area (Å²) in [5.74, 6) is -0.498. The van der Waals surface area contributed by atoms with Crippen LogP contribution < -0.4 is 14.4 Å². The first kappa shape index (κ1) is 26.8. The molecular formula is C24H31N3O6S. The van der Waals surface area contributed by atoms with Gasteiger partial charge in [-0.25, -0.2) is 8.42 Å². The molecule has 1 atom stereocenters. The minimum absolute atomic E-state index is 0.0895. The Morgan fingerprint density at radius 2 is 1.74 bits per heavy atom. The molecule has 0 fully saturated rings. The number of Topliss-reactive ketones (excluding diaryl/α,β-unsaturated/α-hetero) is 1. The lowest BCUT2D eigenvalue weighted by Gasteiger charge is -2.31. The van der Waals surface area contributed by atoms with Gasteiger partial charge in [0.1, 0.15) is 18.3 Å². The topological polar surface area (TPSA) is 113 Å². The molecule has 1 N–H and O–H groups in total. The second-order valence-corrected chi connectivity index (χ2v) is 9.72. The second kappa shape index (κ2) is 11.6. The molecule has 0 saturated carbocycles. The summed E-state index contributed by atoms with van der Waals surface area (Å²) in [6.45, 7) is 4.69. The van der Waals surface area contributed by atoms with Crippen LogP contribution in [0.5, 0.6) is 5.75 Å². The number of nitrogens with one attached hydrogen (secondary N) is 1. The van der Waals surface area contributed by atoms with Gasteiger partial charge in [0, 0.05) is 18.7 Å². The van der Waals surface area contributed by atoms with Gasteiger partial charge in [-0.3, -0.25) is 18.7 Å². The molecule has 0 heterocycles. The van der Waals surface area contributed by atoms with Crippen molar-refractivity contribution in [1.29, 1.82) is 0 Å². The summed E-state index contributed by atoms with van der Waals surface area (Å²) in [4.78, 5) is 39.1. The van der Waals surface area contributed by atoms with Crippen molar-refractivity contribution in [2.75, 3.05) is 30.8 Å². The third kappa shape index (κ3) is 7.05. The van der Waals surface area contributed by atoms with E-state index in [0.717, 1.165) is 16.1 Å². The van der Waals surface area contributed by atoms with E-state index in [0.29, 0.717) is 17.9 Å². The van der Waals surface area contributed by atoms with Crippen molar-refractivity contribution in [2.45, 2.75) is 33.4 Å². The van der Waals surface area contributed by atoms with Crippen molar-refractivity contribution in [1.82, 2.24) is 10.2 Å². The molecule has 2 aromatic rings. The Morgan fingerprint density at radius 1 is 1.09 bits per heavy atom. The first-order valence-corrected chi connectivity index (χ1v) is 12.6. The Morgan fingerprint density at radius 3 is 2.26 bits per heavy atom. The summed E-state index contributed by atoms with van der Waals surface area (Å²) in [6.07, 6.45) is 0.988. The van der Waals surface area contributed by atoms with Crippen LogP contribution >= 0.6 is 0 Å². The zero-order valence-corrected chi connectivity index (χ0v) is 20.9. The van der Waals surface area contributed by atoms with Gasteiger partial charge >= 0.3 is 0 Å². The number of ether oxygens (including phenoxy) is 1. The number of anilines is 1. The molecule has 0 aliphatic rings. The van der Waals surface area contributed by atoms with E-state index in [1.165, 1.54) is 24.0 Å². The van der Waals surface area contributed by atoms with Gasteiger partial charge in [0.25, 0.3) is 0 Å². The highest BCUT2D eigenvalue weighted by Crippen LogP contribution is 2.21. The largest absolute Gasteiger partial charge is 0.497 e. The molecule has 2 aromatic carbocycles. The molecule has 10 heteroatoms. The first-order chi connectivity index (χ1) is 16.0. The molecule has 0 bridgehead atoms. The van der Waals surface area contributed by atoms with Crippen LogP contribution in [0.3, 0.4) is 0 Å². The number of benzene rings is 2. The number of carbonyl (C=O) groups is 3. The third-order valence-electron chi connectivity index (χ3n) is 5.25. The molecule has 1 unspecified atom stereocenters. The maximum atomic E-state index is 13.4. The van der Waals surface area contributed by atoms with Crippen molar-refractivity contribution in [3.05, 3.63) is 59.7 Å². The summed E-state index contributed by atoms with van der Waals surface area (Å²) in [6, 6.07) is 12.2. The predicted molar refractivity (Wildman–Crippen MR) is 130 cm³/mol. The monoisotopic (exact) mass is 489 g/mol. The van der Waals surface area contributed by atoms with Gasteiger partial charge in [-0.2, -0.15) is 0 Å². The van der Waals surface area contributed by atoms with E-state index in [9.17, 15) is 22.8 Å². The average molecular weight is 490 g/mol. The number of carbonyl (C=O) groups excluding carboxylic acids is 3. The minimum atomic E-state index is -3.87. The highest BCUT2D eigenvalue weighted by molar-refractivity contribution is 7.92. The fraction of sp³-hybridized carbons (Fsp3) is 0.375. The van der Waals surface area contributed by atoms with E-state index in [2.05, 4.69) is 5.32 Å². The van der Waals surface area contributed by atoms with Crippen molar-refractivity contribution in [3.8, 4) is 5.75 Å². The Hall–Kier alpha value is -3.40. The molecule has 0 radical (unpaired) electrons. The molecule has 0 saturated heterocycles. The summed E-state index contributed by atoms with van der Waals surface area (Å²) >= 11 is 0. The van der Waals surface area contributed by atoms with Gasteiger partial charge in [0.15, 0.2) is 5.78 Å². The van der Waals surface area contributed by atoms with Gasteiger partial charge in [0.05, 0.1) is 19.1 Å². The standard InChI is InChI=1S/C24H31N3O6S/c1-6-25-24(30)17(2)26(15-19-10-12-22(33-4)13-11-19)23(29)16-27(34(5,31)32)21-9-7-8-20(14-21)18(3)28/h7-14,17H,6,15-16H2,1-5H3,(H,25,30). The maximum absolute atomic E-state index is 13.4. The number of nitrogens with zero attached hydrogens (tertiary/aromatic N) is 2. The zero-order chi connectivity index (χ0) is 25.5. The number of ketones is 1. The summed E-state index contributed by atoms with van der Waals surface area (Å²) in [7, 11) is -2.33. The zero-order valence-electron chi connectivity index (χ0n) is 20.1. The smallest absolute Gasteiger partial charge is 0.244 e. The third-order valence-corrected chi connectivity index (χ3v) is 6.39. The predicted octanol–water partition coefficient (Wildman–Crippen LogP) is 2.22. The normalized spacial score (nSPS) is 11.9. The number of hydrogen-bond acceptors (Lipinski definition) is 6. The number of rotatable bonds is 11. The molecule has 0 aromatic heterocycles. The molecule has 9 nitrogen and oxygen atoms in total. The molecule has 0 aliphatic carbocycles.